The van der Waals surface area contributed by atoms with Crippen molar-refractivity contribution in [2.75, 3.05) is 5.32 Å². The number of carbonyl (C=O) groups is 1. The van der Waals surface area contributed by atoms with Crippen LogP contribution in [0.2, 0.25) is 0 Å². The predicted molar refractivity (Wildman–Crippen MR) is 89.4 cm³/mol. The van der Waals surface area contributed by atoms with Crippen molar-refractivity contribution in [2.24, 2.45) is 23.2 Å². The Balaban J connectivity index is 1.35. The molecular formula is C17H20N4O2S. The Morgan fingerprint density at radius 3 is 2.46 bits per heavy atom. The van der Waals surface area contributed by atoms with Crippen molar-refractivity contribution in [1.82, 2.24) is 15.2 Å². The van der Waals surface area contributed by atoms with Gasteiger partial charge in [0.15, 0.2) is 0 Å². The molecule has 2 heterocycles. The van der Waals surface area contributed by atoms with Crippen LogP contribution < -0.4 is 5.32 Å². The summed E-state index contributed by atoms with van der Waals surface area (Å²) in [7, 11) is 0. The van der Waals surface area contributed by atoms with E-state index in [1.807, 2.05) is 12.3 Å². The lowest BCUT2D eigenvalue weighted by atomic mass is 9.49. The fraction of sp³-hybridized carbons (Fsp3) is 0.647. The Kier molecular flexibility index (Phi) is 3.11. The Morgan fingerprint density at radius 1 is 1.21 bits per heavy atom. The largest absolute Gasteiger partial charge is 0.401 e. The number of nitrogens with zero attached hydrogens (tertiary/aromatic N) is 3. The lowest BCUT2D eigenvalue weighted by molar-refractivity contribution is -0.140. The number of anilines is 1. The van der Waals surface area contributed by atoms with Gasteiger partial charge in [-0.25, -0.2) is 4.98 Å². The summed E-state index contributed by atoms with van der Waals surface area (Å²) in [4.78, 5) is 17.3. The number of carbonyl (C=O) groups excluding carboxylic acids is 1. The molecule has 6 rings (SSSR count). The van der Waals surface area contributed by atoms with Crippen molar-refractivity contribution in [3.05, 3.63) is 10.4 Å². The second kappa shape index (κ2) is 5.12. The number of aryl methyl sites for hydroxylation is 1. The van der Waals surface area contributed by atoms with Crippen LogP contribution in [0.25, 0.3) is 11.6 Å². The number of hydrogen-bond donors (Lipinski definition) is 1. The average Bonchev–Trinajstić information content (AvgIpc) is 3.15. The maximum Gasteiger partial charge on any atom is 0.322 e. The SMILES string of the molecule is Cc1nc(-c2nnc(NC(=O)C34CC5CC(CC(C5)C3)C4)o2)cs1. The normalized spacial score (nSPS) is 33.8. The van der Waals surface area contributed by atoms with Crippen molar-refractivity contribution >= 4 is 23.3 Å². The number of aromatic nitrogens is 3. The van der Waals surface area contributed by atoms with Gasteiger partial charge < -0.3 is 4.42 Å². The van der Waals surface area contributed by atoms with E-state index in [-0.39, 0.29) is 17.3 Å². The maximum absolute atomic E-state index is 13.0. The molecule has 7 heteroatoms. The molecule has 126 valence electrons. The smallest absolute Gasteiger partial charge is 0.322 e. The van der Waals surface area contributed by atoms with Gasteiger partial charge in [0.2, 0.25) is 5.91 Å². The monoisotopic (exact) mass is 344 g/mol. The topological polar surface area (TPSA) is 80.9 Å². The van der Waals surface area contributed by atoms with Crippen molar-refractivity contribution in [2.45, 2.75) is 45.4 Å². The summed E-state index contributed by atoms with van der Waals surface area (Å²) < 4.78 is 5.61. The van der Waals surface area contributed by atoms with Crippen LogP contribution in [-0.2, 0) is 4.79 Å². The summed E-state index contributed by atoms with van der Waals surface area (Å²) in [5, 5.41) is 13.7. The van der Waals surface area contributed by atoms with Gasteiger partial charge in [-0.05, 0) is 63.2 Å². The molecule has 4 saturated carbocycles. The van der Waals surface area contributed by atoms with E-state index in [1.165, 1.54) is 30.6 Å². The summed E-state index contributed by atoms with van der Waals surface area (Å²) in [6.45, 7) is 1.93. The molecular weight excluding hydrogens is 324 g/mol. The van der Waals surface area contributed by atoms with E-state index in [9.17, 15) is 4.79 Å². The molecule has 4 bridgehead atoms. The minimum atomic E-state index is -0.208. The highest BCUT2D eigenvalue weighted by Crippen LogP contribution is 2.60. The molecule has 0 aliphatic heterocycles. The average molecular weight is 344 g/mol. The highest BCUT2D eigenvalue weighted by atomic mass is 32.1. The summed E-state index contributed by atoms with van der Waals surface area (Å²) in [6, 6.07) is 0.191. The minimum absolute atomic E-state index is 0.0752. The zero-order valence-electron chi connectivity index (χ0n) is 13.6. The third-order valence-corrected chi connectivity index (χ3v) is 6.78. The van der Waals surface area contributed by atoms with E-state index in [0.29, 0.717) is 11.6 Å². The molecule has 6 nitrogen and oxygen atoms in total. The molecule has 4 aliphatic carbocycles. The van der Waals surface area contributed by atoms with Crippen LogP contribution in [0, 0.1) is 30.1 Å². The van der Waals surface area contributed by atoms with Crippen LogP contribution in [-0.4, -0.2) is 21.1 Å². The van der Waals surface area contributed by atoms with Crippen molar-refractivity contribution in [1.29, 1.82) is 0 Å². The molecule has 24 heavy (non-hydrogen) atoms. The zero-order valence-corrected chi connectivity index (χ0v) is 14.4. The number of rotatable bonds is 3. The Labute approximate surface area is 144 Å². The molecule has 0 saturated heterocycles. The minimum Gasteiger partial charge on any atom is -0.401 e. The van der Waals surface area contributed by atoms with Gasteiger partial charge in [0.1, 0.15) is 5.69 Å². The number of thiazole rings is 1. The predicted octanol–water partition coefficient (Wildman–Crippen LogP) is 3.66. The van der Waals surface area contributed by atoms with Crippen molar-refractivity contribution in [3.8, 4) is 11.6 Å². The van der Waals surface area contributed by atoms with Crippen LogP contribution in [0.4, 0.5) is 6.01 Å². The first kappa shape index (κ1) is 14.6. The van der Waals surface area contributed by atoms with Crippen molar-refractivity contribution < 1.29 is 9.21 Å². The molecule has 4 aliphatic rings. The fourth-order valence-electron chi connectivity index (χ4n) is 5.46. The molecule has 0 aromatic carbocycles. The third kappa shape index (κ3) is 2.29. The lowest BCUT2D eigenvalue weighted by Crippen LogP contribution is -2.51. The van der Waals surface area contributed by atoms with Crippen LogP contribution in [0.5, 0.6) is 0 Å². The van der Waals surface area contributed by atoms with Gasteiger partial charge in [-0.1, -0.05) is 5.10 Å². The quantitative estimate of drug-likeness (QED) is 0.919. The van der Waals surface area contributed by atoms with Gasteiger partial charge in [-0.3, -0.25) is 10.1 Å². The highest BCUT2D eigenvalue weighted by molar-refractivity contribution is 7.09. The molecule has 2 aromatic rings. The maximum atomic E-state index is 13.0. The van der Waals surface area contributed by atoms with Gasteiger partial charge in [-0.15, -0.1) is 16.4 Å². The Hall–Kier alpha value is -1.76. The lowest BCUT2D eigenvalue weighted by Gasteiger charge is -2.55. The van der Waals surface area contributed by atoms with Crippen molar-refractivity contribution in [3.63, 3.8) is 0 Å². The van der Waals surface area contributed by atoms with Crippen LogP contribution >= 0.6 is 11.3 Å². The molecule has 1 amide bonds. The summed E-state index contributed by atoms with van der Waals surface area (Å²) in [5.74, 6) is 2.64. The Morgan fingerprint density at radius 2 is 1.88 bits per heavy atom. The second-order valence-electron chi connectivity index (χ2n) is 7.82. The molecule has 0 unspecified atom stereocenters. The molecule has 0 spiro atoms. The first-order chi connectivity index (χ1) is 11.6. The standard InChI is InChI=1S/C17H20N4O2S/c1-9-18-13(8-24-9)14-20-21-16(23-14)19-15(22)17-5-10-2-11(6-17)4-12(3-10)7-17/h8,10-12H,2-7H2,1H3,(H,19,21,22). The molecule has 0 radical (unpaired) electrons. The first-order valence-corrected chi connectivity index (χ1v) is 9.55. The van der Waals surface area contributed by atoms with Gasteiger partial charge in [-0.2, -0.15) is 0 Å². The number of amides is 1. The van der Waals surface area contributed by atoms with E-state index < -0.39 is 0 Å². The zero-order chi connectivity index (χ0) is 16.3. The van der Waals surface area contributed by atoms with Crippen LogP contribution in [0.1, 0.15) is 43.5 Å². The van der Waals surface area contributed by atoms with Crippen LogP contribution in [0.15, 0.2) is 9.80 Å². The van der Waals surface area contributed by atoms with E-state index in [1.54, 1.807) is 0 Å². The van der Waals surface area contributed by atoms with Gasteiger partial charge in [0, 0.05) is 5.38 Å². The molecule has 1 N–H and O–H groups in total. The molecule has 4 fully saturated rings. The Bertz CT molecular complexity index is 761. The van der Waals surface area contributed by atoms with Gasteiger partial charge >= 0.3 is 6.01 Å². The first-order valence-electron chi connectivity index (χ1n) is 8.67. The fourth-order valence-corrected chi connectivity index (χ4v) is 6.04. The summed E-state index contributed by atoms with van der Waals surface area (Å²) >= 11 is 1.53. The number of nitrogens with one attached hydrogen (secondary N) is 1. The summed E-state index contributed by atoms with van der Waals surface area (Å²) in [6.07, 6.45) is 7.03. The number of hydrogen-bond acceptors (Lipinski definition) is 6. The van der Waals surface area contributed by atoms with Gasteiger partial charge in [0.05, 0.1) is 10.4 Å². The molecule has 2 aromatic heterocycles. The summed E-state index contributed by atoms with van der Waals surface area (Å²) in [5.41, 5.74) is 0.459. The van der Waals surface area contributed by atoms with Crippen LogP contribution in [0.3, 0.4) is 0 Å². The van der Waals surface area contributed by atoms with E-state index >= 15 is 0 Å². The third-order valence-electron chi connectivity index (χ3n) is 6.00. The highest BCUT2D eigenvalue weighted by Gasteiger charge is 2.54. The van der Waals surface area contributed by atoms with E-state index in [0.717, 1.165) is 42.0 Å². The van der Waals surface area contributed by atoms with E-state index in [4.69, 9.17) is 4.42 Å². The molecule has 0 atom stereocenters. The second-order valence-corrected chi connectivity index (χ2v) is 8.88. The van der Waals surface area contributed by atoms with E-state index in [2.05, 4.69) is 20.5 Å². The van der Waals surface area contributed by atoms with Gasteiger partial charge in [0.25, 0.3) is 5.89 Å².